The number of fused-ring (bicyclic) bond motifs is 1. The molecule has 1 aromatic heterocycles. The third kappa shape index (κ3) is 1.66. The van der Waals surface area contributed by atoms with Gasteiger partial charge in [0, 0.05) is 16.1 Å². The molecule has 0 bridgehead atoms. The van der Waals surface area contributed by atoms with Crippen molar-refractivity contribution in [1.29, 1.82) is 0 Å². The molecule has 0 saturated carbocycles. The minimum absolute atomic E-state index is 0.804. The number of aromatic nitrogens is 1. The van der Waals surface area contributed by atoms with Crippen LogP contribution in [0.5, 0.6) is 0 Å². The van der Waals surface area contributed by atoms with E-state index in [0.717, 1.165) is 31.5 Å². The molecule has 0 atom stereocenters. The van der Waals surface area contributed by atoms with E-state index in [2.05, 4.69) is 40.8 Å². The molecule has 0 spiro atoms. The zero-order valence-corrected chi connectivity index (χ0v) is 11.2. The number of aryl methyl sites for hydroxylation is 3. The van der Waals surface area contributed by atoms with Gasteiger partial charge >= 0.3 is 0 Å². The third-order valence-corrected chi connectivity index (χ3v) is 4.33. The first-order chi connectivity index (χ1) is 7.02. The first kappa shape index (κ1) is 10.9. The molecule has 0 N–H and O–H groups in total. The van der Waals surface area contributed by atoms with Gasteiger partial charge in [-0.1, -0.05) is 27.5 Å². The van der Waals surface area contributed by atoms with E-state index in [1.807, 2.05) is 13.1 Å². The SMILES string of the molecule is Cc1cc2ncc(C)c(Cl)c2c(C)c1Br. The lowest BCUT2D eigenvalue weighted by molar-refractivity contribution is 1.29. The normalized spacial score (nSPS) is 11.0. The van der Waals surface area contributed by atoms with E-state index in [-0.39, 0.29) is 0 Å². The fourth-order valence-electron chi connectivity index (χ4n) is 1.74. The second kappa shape index (κ2) is 3.76. The number of hydrogen-bond donors (Lipinski definition) is 0. The van der Waals surface area contributed by atoms with Gasteiger partial charge in [0.15, 0.2) is 0 Å². The Labute approximate surface area is 103 Å². The number of nitrogens with zero attached hydrogens (tertiary/aromatic N) is 1. The number of pyridine rings is 1. The second-order valence-corrected chi connectivity index (χ2v) is 4.95. The summed E-state index contributed by atoms with van der Waals surface area (Å²) in [6.45, 7) is 6.10. The van der Waals surface area contributed by atoms with Crippen molar-refractivity contribution in [3.05, 3.63) is 38.4 Å². The maximum Gasteiger partial charge on any atom is 0.0723 e. The van der Waals surface area contributed by atoms with Gasteiger partial charge in [0.05, 0.1) is 10.5 Å². The maximum absolute atomic E-state index is 6.29. The first-order valence-electron chi connectivity index (χ1n) is 4.73. The molecule has 0 aliphatic rings. The van der Waals surface area contributed by atoms with Crippen molar-refractivity contribution >= 4 is 38.4 Å². The fourth-order valence-corrected chi connectivity index (χ4v) is 2.34. The van der Waals surface area contributed by atoms with Crippen LogP contribution in [0.25, 0.3) is 10.9 Å². The molecular formula is C12H11BrClN. The highest BCUT2D eigenvalue weighted by Gasteiger charge is 2.10. The third-order valence-electron chi connectivity index (χ3n) is 2.62. The summed E-state index contributed by atoms with van der Waals surface area (Å²) >= 11 is 9.87. The monoisotopic (exact) mass is 283 g/mol. The summed E-state index contributed by atoms with van der Waals surface area (Å²) in [5.74, 6) is 0. The smallest absolute Gasteiger partial charge is 0.0723 e. The summed E-state index contributed by atoms with van der Waals surface area (Å²) in [7, 11) is 0. The lowest BCUT2D eigenvalue weighted by Crippen LogP contribution is -1.90. The van der Waals surface area contributed by atoms with Crippen LogP contribution >= 0.6 is 27.5 Å². The summed E-state index contributed by atoms with van der Waals surface area (Å²) in [5.41, 5.74) is 4.32. The molecule has 2 rings (SSSR count). The van der Waals surface area contributed by atoms with E-state index in [0.29, 0.717) is 0 Å². The maximum atomic E-state index is 6.29. The van der Waals surface area contributed by atoms with Crippen molar-refractivity contribution in [1.82, 2.24) is 4.98 Å². The van der Waals surface area contributed by atoms with Crippen LogP contribution in [0.4, 0.5) is 0 Å². The Hall–Kier alpha value is -0.600. The van der Waals surface area contributed by atoms with E-state index >= 15 is 0 Å². The molecule has 1 heterocycles. The van der Waals surface area contributed by atoms with Crippen molar-refractivity contribution in [3.63, 3.8) is 0 Å². The quantitative estimate of drug-likeness (QED) is 0.690. The minimum Gasteiger partial charge on any atom is -0.256 e. The largest absolute Gasteiger partial charge is 0.256 e. The summed E-state index contributed by atoms with van der Waals surface area (Å²) in [5, 5.41) is 1.85. The van der Waals surface area contributed by atoms with Crippen LogP contribution in [0.15, 0.2) is 16.7 Å². The Morgan fingerprint density at radius 2 is 1.87 bits per heavy atom. The van der Waals surface area contributed by atoms with Crippen molar-refractivity contribution in [3.8, 4) is 0 Å². The van der Waals surface area contributed by atoms with Crippen LogP contribution in [-0.2, 0) is 0 Å². The van der Waals surface area contributed by atoms with Gasteiger partial charge in [-0.3, -0.25) is 4.98 Å². The number of halogens is 2. The lowest BCUT2D eigenvalue weighted by atomic mass is 10.0. The fraction of sp³-hybridized carbons (Fsp3) is 0.250. The Kier molecular flexibility index (Phi) is 2.73. The predicted octanol–water partition coefficient (Wildman–Crippen LogP) is 4.58. The van der Waals surface area contributed by atoms with Crippen molar-refractivity contribution in [2.75, 3.05) is 0 Å². The molecule has 0 aliphatic carbocycles. The van der Waals surface area contributed by atoms with Crippen LogP contribution < -0.4 is 0 Å². The molecule has 15 heavy (non-hydrogen) atoms. The van der Waals surface area contributed by atoms with Gasteiger partial charge in [0.25, 0.3) is 0 Å². The lowest BCUT2D eigenvalue weighted by Gasteiger charge is -2.10. The highest BCUT2D eigenvalue weighted by atomic mass is 79.9. The van der Waals surface area contributed by atoms with Crippen molar-refractivity contribution in [2.45, 2.75) is 20.8 Å². The first-order valence-corrected chi connectivity index (χ1v) is 5.90. The molecule has 3 heteroatoms. The van der Waals surface area contributed by atoms with E-state index < -0.39 is 0 Å². The van der Waals surface area contributed by atoms with Crippen LogP contribution in [0.1, 0.15) is 16.7 Å². The standard InChI is InChI=1S/C12H11BrClN/c1-6-4-9-10(8(3)11(6)13)12(14)7(2)5-15-9/h4-5H,1-3H3. The Morgan fingerprint density at radius 3 is 2.53 bits per heavy atom. The summed E-state index contributed by atoms with van der Waals surface area (Å²) in [4.78, 5) is 4.40. The number of benzene rings is 1. The Balaban J connectivity index is 3.00. The molecule has 2 aromatic rings. The van der Waals surface area contributed by atoms with E-state index in [4.69, 9.17) is 11.6 Å². The zero-order chi connectivity index (χ0) is 11.2. The molecule has 78 valence electrons. The molecule has 0 radical (unpaired) electrons. The molecule has 0 unspecified atom stereocenters. The Morgan fingerprint density at radius 1 is 1.20 bits per heavy atom. The average Bonchev–Trinajstić information content (AvgIpc) is 2.20. The molecule has 1 nitrogen and oxygen atoms in total. The van der Waals surface area contributed by atoms with Crippen molar-refractivity contribution < 1.29 is 0 Å². The highest BCUT2D eigenvalue weighted by Crippen LogP contribution is 2.33. The van der Waals surface area contributed by atoms with Crippen LogP contribution in [0, 0.1) is 20.8 Å². The van der Waals surface area contributed by atoms with Gasteiger partial charge in [0.1, 0.15) is 0 Å². The number of hydrogen-bond acceptors (Lipinski definition) is 1. The predicted molar refractivity (Wildman–Crippen MR) is 68.7 cm³/mol. The van der Waals surface area contributed by atoms with Gasteiger partial charge in [0.2, 0.25) is 0 Å². The topological polar surface area (TPSA) is 12.9 Å². The molecular weight excluding hydrogens is 273 g/mol. The van der Waals surface area contributed by atoms with Crippen LogP contribution in [0.3, 0.4) is 0 Å². The molecule has 0 saturated heterocycles. The van der Waals surface area contributed by atoms with Crippen LogP contribution in [-0.4, -0.2) is 4.98 Å². The zero-order valence-electron chi connectivity index (χ0n) is 8.86. The van der Waals surface area contributed by atoms with E-state index in [1.54, 1.807) is 0 Å². The summed E-state index contributed by atoms with van der Waals surface area (Å²) in [6, 6.07) is 2.05. The van der Waals surface area contributed by atoms with Gasteiger partial charge in [-0.15, -0.1) is 0 Å². The van der Waals surface area contributed by atoms with Gasteiger partial charge < -0.3 is 0 Å². The highest BCUT2D eigenvalue weighted by molar-refractivity contribution is 9.10. The van der Waals surface area contributed by atoms with E-state index in [9.17, 15) is 0 Å². The number of rotatable bonds is 0. The molecule has 0 fully saturated rings. The van der Waals surface area contributed by atoms with Gasteiger partial charge in [-0.2, -0.15) is 0 Å². The Bertz CT molecular complexity index is 549. The average molecular weight is 285 g/mol. The van der Waals surface area contributed by atoms with Crippen molar-refractivity contribution in [2.24, 2.45) is 0 Å². The molecule has 1 aromatic carbocycles. The summed E-state index contributed by atoms with van der Waals surface area (Å²) in [6.07, 6.45) is 1.82. The van der Waals surface area contributed by atoms with E-state index in [1.165, 1.54) is 5.56 Å². The van der Waals surface area contributed by atoms with Crippen LogP contribution in [0.2, 0.25) is 5.02 Å². The second-order valence-electron chi connectivity index (χ2n) is 3.78. The minimum atomic E-state index is 0.804. The molecule has 0 amide bonds. The van der Waals surface area contributed by atoms with Gasteiger partial charge in [-0.25, -0.2) is 0 Å². The van der Waals surface area contributed by atoms with Gasteiger partial charge in [-0.05, 0) is 43.5 Å². The molecule has 0 aliphatic heterocycles. The summed E-state index contributed by atoms with van der Waals surface area (Å²) < 4.78 is 1.12.